The number of anilines is 1. The molecular formula is C14H12N4O3S. The lowest BCUT2D eigenvalue weighted by atomic mass is 10.2. The maximum Gasteiger partial charge on any atom is 0.337 e. The van der Waals surface area contributed by atoms with Crippen molar-refractivity contribution in [1.29, 1.82) is 0 Å². The molecule has 2 aromatic heterocycles. The fraction of sp³-hybridized carbons (Fsp3) is 0.143. The summed E-state index contributed by atoms with van der Waals surface area (Å²) in [5.74, 6) is -0.755. The van der Waals surface area contributed by atoms with Gasteiger partial charge in [0, 0.05) is 5.69 Å². The van der Waals surface area contributed by atoms with Crippen LogP contribution in [0.1, 0.15) is 25.9 Å². The van der Waals surface area contributed by atoms with E-state index in [0.717, 1.165) is 5.01 Å². The molecule has 0 aliphatic carbocycles. The predicted octanol–water partition coefficient (Wildman–Crippen LogP) is 2.14. The number of methoxy groups -OCH3 is 1. The minimum atomic E-state index is -0.423. The largest absolute Gasteiger partial charge is 0.465 e. The zero-order valence-electron chi connectivity index (χ0n) is 11.9. The summed E-state index contributed by atoms with van der Waals surface area (Å²) < 4.78 is 6.19. The van der Waals surface area contributed by atoms with Gasteiger partial charge < -0.3 is 10.1 Å². The van der Waals surface area contributed by atoms with Crippen molar-refractivity contribution in [3.8, 4) is 0 Å². The maximum absolute atomic E-state index is 12.1. The molecule has 0 aliphatic rings. The molecule has 0 aliphatic heterocycles. The van der Waals surface area contributed by atoms with Crippen molar-refractivity contribution in [2.45, 2.75) is 6.92 Å². The van der Waals surface area contributed by atoms with E-state index < -0.39 is 5.97 Å². The van der Waals surface area contributed by atoms with Crippen LogP contribution in [-0.2, 0) is 4.74 Å². The molecule has 1 amide bonds. The minimum Gasteiger partial charge on any atom is -0.465 e. The lowest BCUT2D eigenvalue weighted by molar-refractivity contribution is 0.0600. The molecule has 2 heterocycles. The van der Waals surface area contributed by atoms with Crippen LogP contribution in [0.25, 0.3) is 4.96 Å². The fourth-order valence-corrected chi connectivity index (χ4v) is 2.64. The number of hydrogen-bond donors (Lipinski definition) is 1. The SMILES string of the molecule is COC(=O)c1ccc(NC(=O)c2cn3nc(C)sc3n2)cc1. The van der Waals surface area contributed by atoms with Gasteiger partial charge in [-0.25, -0.2) is 14.3 Å². The number of nitrogens with zero attached hydrogens (tertiary/aromatic N) is 3. The van der Waals surface area contributed by atoms with Gasteiger partial charge in [-0.2, -0.15) is 5.10 Å². The normalized spacial score (nSPS) is 10.6. The van der Waals surface area contributed by atoms with Gasteiger partial charge in [-0.3, -0.25) is 4.79 Å². The van der Waals surface area contributed by atoms with E-state index in [0.29, 0.717) is 16.2 Å². The quantitative estimate of drug-likeness (QED) is 0.748. The maximum atomic E-state index is 12.1. The summed E-state index contributed by atoms with van der Waals surface area (Å²) in [5, 5.41) is 7.80. The number of carbonyl (C=O) groups excluding carboxylic acids is 2. The van der Waals surface area contributed by atoms with Gasteiger partial charge in [0.1, 0.15) is 10.7 Å². The Bertz CT molecular complexity index is 819. The van der Waals surface area contributed by atoms with Crippen molar-refractivity contribution < 1.29 is 14.3 Å². The highest BCUT2D eigenvalue weighted by atomic mass is 32.1. The van der Waals surface area contributed by atoms with Gasteiger partial charge >= 0.3 is 5.97 Å². The number of benzene rings is 1. The number of ether oxygens (including phenoxy) is 1. The molecule has 0 saturated heterocycles. The molecule has 0 bridgehead atoms. The first-order valence-corrected chi connectivity index (χ1v) is 7.21. The predicted molar refractivity (Wildman–Crippen MR) is 81.3 cm³/mol. The van der Waals surface area contributed by atoms with Gasteiger partial charge in [0.25, 0.3) is 5.91 Å². The number of nitrogens with one attached hydrogen (secondary N) is 1. The molecule has 8 heteroatoms. The van der Waals surface area contributed by atoms with Gasteiger partial charge in [0.05, 0.1) is 18.9 Å². The van der Waals surface area contributed by atoms with Crippen LogP contribution < -0.4 is 5.32 Å². The molecule has 7 nitrogen and oxygen atoms in total. The smallest absolute Gasteiger partial charge is 0.337 e. The molecule has 0 unspecified atom stereocenters. The first kappa shape index (κ1) is 14.2. The highest BCUT2D eigenvalue weighted by molar-refractivity contribution is 7.16. The topological polar surface area (TPSA) is 85.6 Å². The van der Waals surface area contributed by atoms with Crippen molar-refractivity contribution in [2.24, 2.45) is 0 Å². The summed E-state index contributed by atoms with van der Waals surface area (Å²) in [6.07, 6.45) is 1.58. The van der Waals surface area contributed by atoms with E-state index in [9.17, 15) is 9.59 Å². The molecule has 0 spiro atoms. The number of fused-ring (bicyclic) bond motifs is 1. The van der Waals surface area contributed by atoms with Gasteiger partial charge in [-0.15, -0.1) is 0 Å². The summed E-state index contributed by atoms with van der Waals surface area (Å²) >= 11 is 1.41. The van der Waals surface area contributed by atoms with Crippen LogP contribution in [0.3, 0.4) is 0 Å². The summed E-state index contributed by atoms with van der Waals surface area (Å²) in [5.41, 5.74) is 1.27. The van der Waals surface area contributed by atoms with Crippen molar-refractivity contribution in [1.82, 2.24) is 14.6 Å². The van der Waals surface area contributed by atoms with Crippen molar-refractivity contribution in [3.63, 3.8) is 0 Å². The van der Waals surface area contributed by atoms with E-state index >= 15 is 0 Å². The third-order valence-corrected chi connectivity index (χ3v) is 3.78. The molecule has 0 fully saturated rings. The average Bonchev–Trinajstić information content (AvgIpc) is 3.04. The first-order chi connectivity index (χ1) is 10.6. The summed E-state index contributed by atoms with van der Waals surface area (Å²) in [6, 6.07) is 6.42. The number of carbonyl (C=O) groups is 2. The first-order valence-electron chi connectivity index (χ1n) is 6.39. The summed E-state index contributed by atoms with van der Waals surface area (Å²) in [6.45, 7) is 1.88. The summed E-state index contributed by atoms with van der Waals surface area (Å²) in [7, 11) is 1.32. The third kappa shape index (κ3) is 2.68. The third-order valence-electron chi connectivity index (χ3n) is 2.94. The van der Waals surface area contributed by atoms with Crippen LogP contribution in [0.4, 0.5) is 5.69 Å². The standard InChI is InChI=1S/C14H12N4O3S/c1-8-17-18-7-11(16-14(18)22-8)12(19)15-10-5-3-9(4-6-10)13(20)21-2/h3-7H,1-2H3,(H,15,19). The number of rotatable bonds is 3. The highest BCUT2D eigenvalue weighted by Gasteiger charge is 2.13. The zero-order valence-corrected chi connectivity index (χ0v) is 12.7. The number of aromatic nitrogens is 3. The van der Waals surface area contributed by atoms with E-state index in [2.05, 4.69) is 20.1 Å². The number of imidazole rings is 1. The monoisotopic (exact) mass is 316 g/mol. The second-order valence-corrected chi connectivity index (χ2v) is 5.66. The molecule has 3 aromatic rings. The second-order valence-electron chi connectivity index (χ2n) is 4.50. The Morgan fingerprint density at radius 3 is 2.64 bits per heavy atom. The Morgan fingerprint density at radius 2 is 2.00 bits per heavy atom. The van der Waals surface area contributed by atoms with Crippen molar-refractivity contribution in [2.75, 3.05) is 12.4 Å². The van der Waals surface area contributed by atoms with E-state index in [1.807, 2.05) is 6.92 Å². The summed E-state index contributed by atoms with van der Waals surface area (Å²) in [4.78, 5) is 28.4. The number of esters is 1. The van der Waals surface area contributed by atoms with E-state index in [1.54, 1.807) is 35.0 Å². The number of hydrogen-bond acceptors (Lipinski definition) is 6. The molecular weight excluding hydrogens is 304 g/mol. The molecule has 0 saturated carbocycles. The van der Waals surface area contributed by atoms with Crippen LogP contribution in [0, 0.1) is 6.92 Å². The molecule has 3 rings (SSSR count). The second kappa shape index (κ2) is 5.57. The van der Waals surface area contributed by atoms with Crippen LogP contribution >= 0.6 is 11.3 Å². The van der Waals surface area contributed by atoms with Gasteiger partial charge in [0.2, 0.25) is 4.96 Å². The average molecular weight is 316 g/mol. The van der Waals surface area contributed by atoms with Gasteiger partial charge in [-0.05, 0) is 31.2 Å². The van der Waals surface area contributed by atoms with Crippen LogP contribution in [0.15, 0.2) is 30.5 Å². The van der Waals surface area contributed by atoms with Gasteiger partial charge in [-0.1, -0.05) is 11.3 Å². The van der Waals surface area contributed by atoms with Crippen LogP contribution in [0.2, 0.25) is 0 Å². The van der Waals surface area contributed by atoms with Crippen LogP contribution in [-0.4, -0.2) is 33.6 Å². The molecule has 1 N–H and O–H groups in total. The lowest BCUT2D eigenvalue weighted by Gasteiger charge is -2.04. The van der Waals surface area contributed by atoms with E-state index in [-0.39, 0.29) is 11.6 Å². The Hall–Kier alpha value is -2.74. The van der Waals surface area contributed by atoms with Crippen molar-refractivity contribution >= 4 is 33.9 Å². The van der Waals surface area contributed by atoms with Crippen molar-refractivity contribution in [3.05, 3.63) is 46.7 Å². The molecule has 0 radical (unpaired) electrons. The van der Waals surface area contributed by atoms with Gasteiger partial charge in [0.15, 0.2) is 0 Å². The minimum absolute atomic E-state index is 0.288. The van der Waals surface area contributed by atoms with E-state index in [4.69, 9.17) is 0 Å². The molecule has 0 atom stereocenters. The highest BCUT2D eigenvalue weighted by Crippen LogP contribution is 2.15. The Morgan fingerprint density at radius 1 is 1.27 bits per heavy atom. The Labute approximate surface area is 129 Å². The van der Waals surface area contributed by atoms with E-state index in [1.165, 1.54) is 18.4 Å². The number of amides is 1. The number of aryl methyl sites for hydroxylation is 1. The molecule has 112 valence electrons. The van der Waals surface area contributed by atoms with Crippen LogP contribution in [0.5, 0.6) is 0 Å². The Balaban J connectivity index is 1.75. The Kier molecular flexibility index (Phi) is 3.60. The fourth-order valence-electron chi connectivity index (χ4n) is 1.91. The molecule has 22 heavy (non-hydrogen) atoms. The molecule has 1 aromatic carbocycles. The lowest BCUT2D eigenvalue weighted by Crippen LogP contribution is -2.12. The zero-order chi connectivity index (χ0) is 15.7.